The molecule has 1 aliphatic rings. The van der Waals surface area contributed by atoms with E-state index in [2.05, 4.69) is 26.7 Å². The van der Waals surface area contributed by atoms with E-state index >= 15 is 0 Å². The van der Waals surface area contributed by atoms with Crippen LogP contribution in [0.4, 0.5) is 11.5 Å². The number of hydrogen-bond donors (Lipinski definition) is 2. The summed E-state index contributed by atoms with van der Waals surface area (Å²) in [5.74, 6) is 0.869. The molecule has 150 valence electrons. The van der Waals surface area contributed by atoms with Crippen LogP contribution in [0.15, 0.2) is 60.7 Å². The molecule has 1 aliphatic carbocycles. The number of carbonyl (C=O) groups excluding carboxylic acids is 1. The van der Waals surface area contributed by atoms with Crippen molar-refractivity contribution in [3.8, 4) is 17.5 Å². The van der Waals surface area contributed by atoms with Crippen LogP contribution in [0, 0.1) is 11.3 Å². The van der Waals surface area contributed by atoms with Crippen LogP contribution in [0.3, 0.4) is 0 Å². The summed E-state index contributed by atoms with van der Waals surface area (Å²) >= 11 is 0. The highest BCUT2D eigenvalue weighted by atomic mass is 16.1. The summed E-state index contributed by atoms with van der Waals surface area (Å²) in [7, 11) is 0. The molecule has 30 heavy (non-hydrogen) atoms. The zero-order valence-corrected chi connectivity index (χ0v) is 16.6. The first-order valence-corrected chi connectivity index (χ1v) is 10.2. The van der Waals surface area contributed by atoms with Gasteiger partial charge >= 0.3 is 0 Å². The molecule has 1 aromatic heterocycles. The van der Waals surface area contributed by atoms with Gasteiger partial charge in [-0.05, 0) is 37.1 Å². The number of anilines is 2. The molecular weight excluding hydrogens is 374 g/mol. The Balaban J connectivity index is 1.62. The molecule has 1 amide bonds. The summed E-state index contributed by atoms with van der Waals surface area (Å²) in [6, 6.07) is 20.5. The van der Waals surface area contributed by atoms with Crippen LogP contribution in [0.2, 0.25) is 0 Å². The fraction of sp³-hybridized carbons (Fsp3) is 0.250. The lowest BCUT2D eigenvalue weighted by atomic mass is 9.95. The molecule has 0 atom stereocenters. The van der Waals surface area contributed by atoms with Gasteiger partial charge in [-0.2, -0.15) is 5.26 Å². The minimum Gasteiger partial charge on any atom is -0.367 e. The molecule has 6 heteroatoms. The minimum absolute atomic E-state index is 0.298. The number of nitrogens with zero attached hydrogens (tertiary/aromatic N) is 3. The quantitative estimate of drug-likeness (QED) is 0.631. The number of nitriles is 1. The molecule has 0 bridgehead atoms. The molecule has 2 N–H and O–H groups in total. The lowest BCUT2D eigenvalue weighted by molar-refractivity contribution is 0.102. The number of nitrogens with one attached hydrogen (secondary N) is 2. The average molecular weight is 397 g/mol. The first kappa shape index (κ1) is 19.6. The van der Waals surface area contributed by atoms with Crippen LogP contribution >= 0.6 is 0 Å². The van der Waals surface area contributed by atoms with Crippen molar-refractivity contribution in [3.05, 3.63) is 71.9 Å². The fourth-order valence-corrected chi connectivity index (χ4v) is 3.63. The number of amides is 1. The molecule has 1 fully saturated rings. The van der Waals surface area contributed by atoms with Crippen molar-refractivity contribution in [1.29, 1.82) is 5.26 Å². The van der Waals surface area contributed by atoms with Crippen LogP contribution in [-0.2, 0) is 0 Å². The van der Waals surface area contributed by atoms with Gasteiger partial charge in [-0.15, -0.1) is 0 Å². The number of rotatable bonds is 5. The van der Waals surface area contributed by atoms with Gasteiger partial charge < -0.3 is 10.6 Å². The summed E-state index contributed by atoms with van der Waals surface area (Å²) in [5.41, 5.74) is 2.31. The van der Waals surface area contributed by atoms with E-state index in [0.29, 0.717) is 34.6 Å². The topological polar surface area (TPSA) is 90.7 Å². The van der Waals surface area contributed by atoms with E-state index in [1.165, 1.54) is 19.3 Å². The van der Waals surface area contributed by atoms with E-state index in [1.54, 1.807) is 30.3 Å². The Kier molecular flexibility index (Phi) is 6.00. The van der Waals surface area contributed by atoms with Gasteiger partial charge in [0.15, 0.2) is 5.82 Å². The third-order valence-corrected chi connectivity index (χ3v) is 5.22. The standard InChI is InChI=1S/C24H23N5O/c25-16-17-11-13-20(14-12-17)27-24(30)21-15-22(26-19-9-5-2-6-10-19)29-23(28-21)18-7-3-1-4-8-18/h1,3-4,7-8,11-15,19H,2,5-6,9-10H2,(H,27,30)(H,26,28,29). The lowest BCUT2D eigenvalue weighted by Crippen LogP contribution is -2.24. The van der Waals surface area contributed by atoms with Crippen molar-refractivity contribution in [3.63, 3.8) is 0 Å². The number of aromatic nitrogens is 2. The van der Waals surface area contributed by atoms with E-state index in [9.17, 15) is 4.79 Å². The number of carbonyl (C=O) groups is 1. The Morgan fingerprint density at radius 2 is 1.70 bits per heavy atom. The van der Waals surface area contributed by atoms with Crippen LogP contribution in [-0.4, -0.2) is 21.9 Å². The Hall–Kier alpha value is -3.72. The molecule has 1 saturated carbocycles. The van der Waals surface area contributed by atoms with E-state index in [1.807, 2.05) is 30.3 Å². The molecule has 0 spiro atoms. The van der Waals surface area contributed by atoms with Crippen LogP contribution in [0.1, 0.15) is 48.2 Å². The highest BCUT2D eigenvalue weighted by Gasteiger charge is 2.17. The first-order valence-electron chi connectivity index (χ1n) is 10.2. The van der Waals surface area contributed by atoms with Gasteiger partial charge in [-0.25, -0.2) is 9.97 Å². The van der Waals surface area contributed by atoms with Crippen LogP contribution in [0.5, 0.6) is 0 Å². The summed E-state index contributed by atoms with van der Waals surface area (Å²) < 4.78 is 0. The van der Waals surface area contributed by atoms with E-state index < -0.39 is 0 Å². The van der Waals surface area contributed by atoms with Crippen LogP contribution < -0.4 is 10.6 Å². The Labute approximate surface area is 176 Å². The molecular formula is C24H23N5O. The van der Waals surface area contributed by atoms with Gasteiger partial charge in [0.25, 0.3) is 5.91 Å². The first-order chi connectivity index (χ1) is 14.7. The van der Waals surface area contributed by atoms with Gasteiger partial charge in [0, 0.05) is 23.4 Å². The summed E-state index contributed by atoms with van der Waals surface area (Å²) in [5, 5.41) is 15.3. The predicted molar refractivity (Wildman–Crippen MR) is 117 cm³/mol. The number of benzene rings is 2. The van der Waals surface area contributed by atoms with Crippen molar-refractivity contribution in [2.75, 3.05) is 10.6 Å². The van der Waals surface area contributed by atoms with Crippen molar-refractivity contribution in [2.45, 2.75) is 38.1 Å². The zero-order chi connectivity index (χ0) is 20.8. The molecule has 6 nitrogen and oxygen atoms in total. The Morgan fingerprint density at radius 1 is 0.967 bits per heavy atom. The molecule has 0 saturated heterocycles. The lowest BCUT2D eigenvalue weighted by Gasteiger charge is -2.23. The van der Waals surface area contributed by atoms with Gasteiger partial charge in [0.1, 0.15) is 11.5 Å². The molecule has 3 aromatic rings. The summed E-state index contributed by atoms with van der Waals surface area (Å²) in [6.45, 7) is 0. The maximum Gasteiger partial charge on any atom is 0.274 e. The third-order valence-electron chi connectivity index (χ3n) is 5.22. The second kappa shape index (κ2) is 9.19. The Bertz CT molecular complexity index is 1050. The average Bonchev–Trinajstić information content (AvgIpc) is 2.80. The fourth-order valence-electron chi connectivity index (χ4n) is 3.63. The minimum atomic E-state index is -0.314. The summed E-state index contributed by atoms with van der Waals surface area (Å²) in [4.78, 5) is 22.1. The van der Waals surface area contributed by atoms with Crippen molar-refractivity contribution in [1.82, 2.24) is 9.97 Å². The van der Waals surface area contributed by atoms with Crippen molar-refractivity contribution in [2.24, 2.45) is 0 Å². The summed E-state index contributed by atoms with van der Waals surface area (Å²) in [6.07, 6.45) is 5.91. The predicted octanol–water partition coefficient (Wildman–Crippen LogP) is 5.01. The van der Waals surface area contributed by atoms with E-state index in [-0.39, 0.29) is 5.91 Å². The zero-order valence-electron chi connectivity index (χ0n) is 16.6. The molecule has 4 rings (SSSR count). The molecule has 2 aromatic carbocycles. The van der Waals surface area contributed by atoms with Crippen molar-refractivity contribution >= 4 is 17.4 Å². The van der Waals surface area contributed by atoms with Crippen molar-refractivity contribution < 1.29 is 4.79 Å². The van der Waals surface area contributed by atoms with Crippen LogP contribution in [0.25, 0.3) is 11.4 Å². The highest BCUT2D eigenvalue weighted by molar-refractivity contribution is 6.03. The van der Waals surface area contributed by atoms with Gasteiger partial charge in [0.05, 0.1) is 11.6 Å². The smallest absolute Gasteiger partial charge is 0.274 e. The maximum absolute atomic E-state index is 12.9. The van der Waals surface area contributed by atoms with E-state index in [0.717, 1.165) is 18.4 Å². The Morgan fingerprint density at radius 3 is 2.40 bits per heavy atom. The molecule has 0 unspecified atom stereocenters. The largest absolute Gasteiger partial charge is 0.367 e. The highest BCUT2D eigenvalue weighted by Crippen LogP contribution is 2.23. The van der Waals surface area contributed by atoms with E-state index in [4.69, 9.17) is 5.26 Å². The monoisotopic (exact) mass is 397 g/mol. The molecule has 0 aliphatic heterocycles. The van der Waals surface area contributed by atoms with Gasteiger partial charge in [-0.1, -0.05) is 49.6 Å². The normalized spacial score (nSPS) is 14.0. The second-order valence-corrected chi connectivity index (χ2v) is 7.45. The number of hydrogen-bond acceptors (Lipinski definition) is 5. The third kappa shape index (κ3) is 4.81. The van der Waals surface area contributed by atoms with Gasteiger partial charge in [-0.3, -0.25) is 4.79 Å². The molecule has 1 heterocycles. The SMILES string of the molecule is N#Cc1ccc(NC(=O)c2cc(NC3CCCCC3)nc(-c3ccccc3)n2)cc1. The van der Waals surface area contributed by atoms with Gasteiger partial charge in [0.2, 0.25) is 0 Å². The maximum atomic E-state index is 12.9. The molecule has 0 radical (unpaired) electrons. The second-order valence-electron chi connectivity index (χ2n) is 7.45.